The fourth-order valence-electron chi connectivity index (χ4n) is 1.68. The lowest BCUT2D eigenvalue weighted by Gasteiger charge is -1.90. The van der Waals surface area contributed by atoms with Gasteiger partial charge in [0.1, 0.15) is 0 Å². The standard InChI is InChI=1S/C13H11N2S/c1-4-8-15(9-5-1)10-13-14-11-6-2-3-7-12(11)16-13/h1-9H,10H2/q+1. The molecule has 78 valence electrons. The lowest BCUT2D eigenvalue weighted by atomic mass is 10.3. The van der Waals surface area contributed by atoms with Crippen LogP contribution in [0.25, 0.3) is 10.2 Å². The minimum absolute atomic E-state index is 0.847. The molecule has 0 N–H and O–H groups in total. The molecule has 3 aromatic rings. The first kappa shape index (κ1) is 9.48. The van der Waals surface area contributed by atoms with Gasteiger partial charge in [0.25, 0.3) is 0 Å². The normalized spacial score (nSPS) is 10.8. The number of para-hydroxylation sites is 1. The van der Waals surface area contributed by atoms with Gasteiger partial charge in [-0.1, -0.05) is 18.2 Å². The van der Waals surface area contributed by atoms with Crippen LogP contribution < -0.4 is 4.57 Å². The monoisotopic (exact) mass is 227 g/mol. The predicted molar refractivity (Wildman–Crippen MR) is 65.4 cm³/mol. The Labute approximate surface area is 97.8 Å². The molecule has 3 heteroatoms. The molecule has 0 radical (unpaired) electrons. The fourth-order valence-corrected chi connectivity index (χ4v) is 2.66. The number of thiazole rings is 1. The number of rotatable bonds is 2. The Kier molecular flexibility index (Phi) is 2.38. The third kappa shape index (κ3) is 1.82. The molecule has 0 unspecified atom stereocenters. The van der Waals surface area contributed by atoms with Crippen LogP contribution in [0.15, 0.2) is 54.9 Å². The summed E-state index contributed by atoms with van der Waals surface area (Å²) in [5.41, 5.74) is 1.10. The topological polar surface area (TPSA) is 16.8 Å². The van der Waals surface area contributed by atoms with Gasteiger partial charge in [-0.15, -0.1) is 11.3 Å². The summed E-state index contributed by atoms with van der Waals surface area (Å²) in [6.45, 7) is 0.847. The molecule has 0 amide bonds. The third-order valence-corrected chi connectivity index (χ3v) is 3.45. The Hall–Kier alpha value is -1.74. The van der Waals surface area contributed by atoms with Gasteiger partial charge in [-0.05, 0) is 12.1 Å². The first-order valence-electron chi connectivity index (χ1n) is 5.20. The number of hydrogen-bond donors (Lipinski definition) is 0. The zero-order valence-electron chi connectivity index (χ0n) is 8.71. The van der Waals surface area contributed by atoms with E-state index in [-0.39, 0.29) is 0 Å². The highest BCUT2D eigenvalue weighted by Gasteiger charge is 2.07. The Bertz CT molecular complexity index is 568. The van der Waals surface area contributed by atoms with Crippen molar-refractivity contribution in [1.82, 2.24) is 4.98 Å². The summed E-state index contributed by atoms with van der Waals surface area (Å²) in [7, 11) is 0. The van der Waals surface area contributed by atoms with E-state index in [0.717, 1.165) is 17.1 Å². The molecule has 3 rings (SSSR count). The second-order valence-electron chi connectivity index (χ2n) is 3.62. The van der Waals surface area contributed by atoms with E-state index in [0.29, 0.717) is 0 Å². The Balaban J connectivity index is 1.95. The van der Waals surface area contributed by atoms with E-state index in [1.165, 1.54) is 4.70 Å². The van der Waals surface area contributed by atoms with E-state index in [9.17, 15) is 0 Å². The third-order valence-electron chi connectivity index (χ3n) is 2.43. The molecule has 0 bridgehead atoms. The molecule has 0 atom stereocenters. The van der Waals surface area contributed by atoms with E-state index >= 15 is 0 Å². The number of pyridine rings is 1. The smallest absolute Gasteiger partial charge is 0.199 e. The van der Waals surface area contributed by atoms with Crippen molar-refractivity contribution >= 4 is 21.6 Å². The van der Waals surface area contributed by atoms with Crippen molar-refractivity contribution in [2.24, 2.45) is 0 Å². The van der Waals surface area contributed by atoms with Crippen LogP contribution in [0.2, 0.25) is 0 Å². The van der Waals surface area contributed by atoms with Gasteiger partial charge in [0.2, 0.25) is 0 Å². The molecule has 0 fully saturated rings. The van der Waals surface area contributed by atoms with Crippen molar-refractivity contribution in [3.05, 3.63) is 59.9 Å². The largest absolute Gasteiger partial charge is 0.234 e. The zero-order valence-corrected chi connectivity index (χ0v) is 9.52. The quantitative estimate of drug-likeness (QED) is 0.615. The lowest BCUT2D eigenvalue weighted by molar-refractivity contribution is -0.688. The van der Waals surface area contributed by atoms with Crippen LogP contribution in [-0.4, -0.2) is 4.98 Å². The van der Waals surface area contributed by atoms with Crippen molar-refractivity contribution in [2.45, 2.75) is 6.54 Å². The van der Waals surface area contributed by atoms with Crippen LogP contribution in [0, 0.1) is 0 Å². The van der Waals surface area contributed by atoms with Gasteiger partial charge in [-0.2, -0.15) is 4.57 Å². The average Bonchev–Trinajstić information content (AvgIpc) is 2.72. The highest BCUT2D eigenvalue weighted by molar-refractivity contribution is 7.18. The van der Waals surface area contributed by atoms with Crippen LogP contribution >= 0.6 is 11.3 Å². The zero-order chi connectivity index (χ0) is 10.8. The van der Waals surface area contributed by atoms with Gasteiger partial charge in [-0.3, -0.25) is 0 Å². The molecule has 2 nitrogen and oxygen atoms in total. The van der Waals surface area contributed by atoms with Crippen LogP contribution in [0.3, 0.4) is 0 Å². The second kappa shape index (κ2) is 4.02. The SMILES string of the molecule is c1cc[n+](Cc2nc3ccccc3s2)cc1. The Morgan fingerprint density at radius 1 is 1.00 bits per heavy atom. The van der Waals surface area contributed by atoms with Crippen LogP contribution in [0.4, 0.5) is 0 Å². The number of fused-ring (bicyclic) bond motifs is 1. The van der Waals surface area contributed by atoms with E-state index in [4.69, 9.17) is 0 Å². The van der Waals surface area contributed by atoms with Crippen LogP contribution in [0.1, 0.15) is 5.01 Å². The summed E-state index contributed by atoms with van der Waals surface area (Å²) in [4.78, 5) is 4.61. The van der Waals surface area contributed by atoms with Gasteiger partial charge in [0.05, 0.1) is 10.2 Å². The average molecular weight is 227 g/mol. The second-order valence-corrected chi connectivity index (χ2v) is 4.74. The van der Waals surface area contributed by atoms with Crippen molar-refractivity contribution in [2.75, 3.05) is 0 Å². The van der Waals surface area contributed by atoms with Crippen molar-refractivity contribution < 1.29 is 4.57 Å². The Morgan fingerprint density at radius 3 is 2.62 bits per heavy atom. The van der Waals surface area contributed by atoms with Gasteiger partial charge < -0.3 is 0 Å². The minimum Gasteiger partial charge on any atom is -0.234 e. The van der Waals surface area contributed by atoms with Gasteiger partial charge in [0, 0.05) is 12.1 Å². The number of aromatic nitrogens is 2. The maximum absolute atomic E-state index is 4.61. The molecule has 0 spiro atoms. The first-order chi connectivity index (χ1) is 7.92. The molecule has 0 aliphatic heterocycles. The molecule has 0 aliphatic carbocycles. The molecule has 2 aromatic heterocycles. The van der Waals surface area contributed by atoms with E-state index in [1.807, 2.05) is 24.3 Å². The highest BCUT2D eigenvalue weighted by atomic mass is 32.1. The number of hydrogen-bond acceptors (Lipinski definition) is 2. The fraction of sp³-hybridized carbons (Fsp3) is 0.0769. The molecule has 2 heterocycles. The summed E-state index contributed by atoms with van der Waals surface area (Å²) < 4.78 is 3.39. The maximum atomic E-state index is 4.61. The Morgan fingerprint density at radius 2 is 1.81 bits per heavy atom. The number of nitrogens with zero attached hydrogens (tertiary/aromatic N) is 2. The van der Waals surface area contributed by atoms with Crippen LogP contribution in [-0.2, 0) is 6.54 Å². The van der Waals surface area contributed by atoms with Gasteiger partial charge >= 0.3 is 0 Å². The lowest BCUT2D eigenvalue weighted by Crippen LogP contribution is -2.32. The summed E-state index contributed by atoms with van der Waals surface area (Å²) >= 11 is 1.76. The van der Waals surface area contributed by atoms with Gasteiger partial charge in [-0.25, -0.2) is 4.98 Å². The van der Waals surface area contributed by atoms with Crippen LogP contribution in [0.5, 0.6) is 0 Å². The number of benzene rings is 1. The van der Waals surface area contributed by atoms with E-state index in [2.05, 4.69) is 40.1 Å². The van der Waals surface area contributed by atoms with E-state index in [1.54, 1.807) is 11.3 Å². The molecule has 1 aromatic carbocycles. The van der Waals surface area contributed by atoms with Crippen molar-refractivity contribution in [3.8, 4) is 0 Å². The summed E-state index contributed by atoms with van der Waals surface area (Å²) in [6, 6.07) is 14.4. The molecule has 16 heavy (non-hydrogen) atoms. The summed E-state index contributed by atoms with van der Waals surface area (Å²) in [5.74, 6) is 0. The first-order valence-corrected chi connectivity index (χ1v) is 6.02. The molecular formula is C13H11N2S+. The highest BCUT2D eigenvalue weighted by Crippen LogP contribution is 2.20. The predicted octanol–water partition coefficient (Wildman–Crippen LogP) is 2.63. The molecule has 0 aliphatic rings. The maximum Gasteiger partial charge on any atom is 0.199 e. The molecule has 0 saturated carbocycles. The van der Waals surface area contributed by atoms with Crippen molar-refractivity contribution in [3.63, 3.8) is 0 Å². The molecular weight excluding hydrogens is 216 g/mol. The van der Waals surface area contributed by atoms with E-state index < -0.39 is 0 Å². The van der Waals surface area contributed by atoms with Gasteiger partial charge in [0.15, 0.2) is 23.9 Å². The van der Waals surface area contributed by atoms with Crippen molar-refractivity contribution in [1.29, 1.82) is 0 Å². The minimum atomic E-state index is 0.847. The summed E-state index contributed by atoms with van der Waals surface area (Å²) in [5, 5.41) is 1.15. The summed E-state index contributed by atoms with van der Waals surface area (Å²) in [6.07, 6.45) is 4.12. The molecule has 0 saturated heterocycles.